The first-order chi connectivity index (χ1) is 11.9. The smallest absolute Gasteiger partial charge is 0.418 e. The minimum atomic E-state index is -4.44. The Kier molecular flexibility index (Phi) is 4.83. The Morgan fingerprint density at radius 3 is 2.64 bits per heavy atom. The van der Waals surface area contributed by atoms with Gasteiger partial charge < -0.3 is 9.64 Å². The van der Waals surface area contributed by atoms with E-state index >= 15 is 0 Å². The van der Waals surface area contributed by atoms with Gasteiger partial charge in [-0.15, -0.1) is 0 Å². The van der Waals surface area contributed by atoms with E-state index in [1.165, 1.54) is 12.3 Å². The van der Waals surface area contributed by atoms with Crippen molar-refractivity contribution in [2.75, 3.05) is 24.6 Å². The first-order valence-corrected chi connectivity index (χ1v) is 8.28. The molecule has 0 atom stereocenters. The van der Waals surface area contributed by atoms with Gasteiger partial charge in [-0.3, -0.25) is 9.78 Å². The number of ether oxygens (including phenoxy) is 1. The minimum Gasteiger partial charge on any atom is -0.466 e. The standard InChI is InChI=1S/C18H19F3N2O2/c1-2-25-17(24)12-7-10-23(11-8-12)15-6-5-14(18(19,20)21)16-13(15)4-3-9-22-16/h3-6,9,12H,2,7-8,10-11H2,1H3. The fourth-order valence-electron chi connectivity index (χ4n) is 3.28. The summed E-state index contributed by atoms with van der Waals surface area (Å²) in [6.45, 7) is 3.32. The van der Waals surface area contributed by atoms with E-state index in [9.17, 15) is 18.0 Å². The van der Waals surface area contributed by atoms with Crippen molar-refractivity contribution >= 4 is 22.6 Å². The number of piperidine rings is 1. The molecule has 3 rings (SSSR count). The highest BCUT2D eigenvalue weighted by Gasteiger charge is 2.34. The van der Waals surface area contributed by atoms with Crippen LogP contribution in [-0.2, 0) is 15.7 Å². The lowest BCUT2D eigenvalue weighted by molar-refractivity contribution is -0.148. The van der Waals surface area contributed by atoms with E-state index in [4.69, 9.17) is 4.74 Å². The lowest BCUT2D eigenvalue weighted by Crippen LogP contribution is -2.37. The molecule has 1 aliphatic rings. The van der Waals surface area contributed by atoms with Crippen molar-refractivity contribution in [3.05, 3.63) is 36.0 Å². The van der Waals surface area contributed by atoms with Crippen LogP contribution in [0, 0.1) is 5.92 Å². The summed E-state index contributed by atoms with van der Waals surface area (Å²) in [5.74, 6) is -0.337. The van der Waals surface area contributed by atoms with E-state index in [0.29, 0.717) is 37.9 Å². The van der Waals surface area contributed by atoms with Crippen molar-refractivity contribution in [2.24, 2.45) is 5.92 Å². The molecule has 4 nitrogen and oxygen atoms in total. The fourth-order valence-corrected chi connectivity index (χ4v) is 3.28. The maximum atomic E-state index is 13.2. The Morgan fingerprint density at radius 2 is 2.00 bits per heavy atom. The molecule has 2 aromatic rings. The normalized spacial score (nSPS) is 16.2. The van der Waals surface area contributed by atoms with Gasteiger partial charge >= 0.3 is 12.1 Å². The first kappa shape index (κ1) is 17.5. The second-order valence-corrected chi connectivity index (χ2v) is 6.04. The molecule has 0 amide bonds. The van der Waals surface area contributed by atoms with Crippen molar-refractivity contribution in [3.8, 4) is 0 Å². The SMILES string of the molecule is CCOC(=O)C1CCN(c2ccc(C(F)(F)F)c3ncccc23)CC1. The zero-order chi connectivity index (χ0) is 18.0. The van der Waals surface area contributed by atoms with Crippen molar-refractivity contribution < 1.29 is 22.7 Å². The van der Waals surface area contributed by atoms with Crippen LogP contribution < -0.4 is 4.90 Å². The molecule has 0 bridgehead atoms. The van der Waals surface area contributed by atoms with Crippen LogP contribution in [0.4, 0.5) is 18.9 Å². The first-order valence-electron chi connectivity index (χ1n) is 8.28. The number of benzene rings is 1. The molecule has 0 saturated carbocycles. The van der Waals surface area contributed by atoms with Gasteiger partial charge in [-0.05, 0) is 44.0 Å². The van der Waals surface area contributed by atoms with Gasteiger partial charge in [0, 0.05) is 30.4 Å². The van der Waals surface area contributed by atoms with E-state index in [2.05, 4.69) is 4.98 Å². The van der Waals surface area contributed by atoms with Gasteiger partial charge in [0.15, 0.2) is 0 Å². The number of nitrogens with zero attached hydrogens (tertiary/aromatic N) is 2. The topological polar surface area (TPSA) is 42.4 Å². The number of anilines is 1. The van der Waals surface area contributed by atoms with E-state index in [1.54, 1.807) is 19.1 Å². The zero-order valence-corrected chi connectivity index (χ0v) is 13.8. The third-order valence-corrected chi connectivity index (χ3v) is 4.51. The third kappa shape index (κ3) is 3.55. The lowest BCUT2D eigenvalue weighted by Gasteiger charge is -2.33. The molecule has 1 aliphatic heterocycles. The minimum absolute atomic E-state index is 0.0417. The number of fused-ring (bicyclic) bond motifs is 1. The van der Waals surface area contributed by atoms with Crippen LogP contribution in [0.25, 0.3) is 10.9 Å². The van der Waals surface area contributed by atoms with Gasteiger partial charge in [0.2, 0.25) is 0 Å². The highest BCUT2D eigenvalue weighted by molar-refractivity contribution is 5.94. The largest absolute Gasteiger partial charge is 0.466 e. The van der Waals surface area contributed by atoms with Crippen LogP contribution in [0.2, 0.25) is 0 Å². The summed E-state index contributed by atoms with van der Waals surface area (Å²) in [7, 11) is 0. The molecule has 0 spiro atoms. The molecule has 0 radical (unpaired) electrons. The van der Waals surface area contributed by atoms with Crippen molar-refractivity contribution in [2.45, 2.75) is 25.9 Å². The van der Waals surface area contributed by atoms with Crippen molar-refractivity contribution in [1.82, 2.24) is 4.98 Å². The molecule has 1 aromatic carbocycles. The molecule has 7 heteroatoms. The molecule has 134 valence electrons. The Balaban J connectivity index is 1.87. The zero-order valence-electron chi connectivity index (χ0n) is 13.8. The predicted molar refractivity (Wildman–Crippen MR) is 88.3 cm³/mol. The second-order valence-electron chi connectivity index (χ2n) is 6.04. The highest BCUT2D eigenvalue weighted by atomic mass is 19.4. The monoisotopic (exact) mass is 352 g/mol. The number of pyridine rings is 1. The van der Waals surface area contributed by atoms with Gasteiger partial charge in [0.25, 0.3) is 0 Å². The van der Waals surface area contributed by atoms with E-state index in [0.717, 1.165) is 11.8 Å². The van der Waals surface area contributed by atoms with Gasteiger partial charge in [-0.2, -0.15) is 13.2 Å². The molecule has 1 saturated heterocycles. The summed E-state index contributed by atoms with van der Waals surface area (Å²) < 4.78 is 44.7. The van der Waals surface area contributed by atoms with Crippen LogP contribution in [-0.4, -0.2) is 30.6 Å². The third-order valence-electron chi connectivity index (χ3n) is 4.51. The predicted octanol–water partition coefficient (Wildman–Crippen LogP) is 4.03. The van der Waals surface area contributed by atoms with Crippen molar-refractivity contribution in [1.29, 1.82) is 0 Å². The molecule has 0 aliphatic carbocycles. The Hall–Kier alpha value is -2.31. The Labute approximate surface area is 143 Å². The van der Waals surface area contributed by atoms with Crippen LogP contribution in [0.15, 0.2) is 30.5 Å². The van der Waals surface area contributed by atoms with Crippen LogP contribution in [0.1, 0.15) is 25.3 Å². The quantitative estimate of drug-likeness (QED) is 0.782. The molecule has 1 aromatic heterocycles. The van der Waals surface area contributed by atoms with E-state index in [-0.39, 0.29) is 17.4 Å². The van der Waals surface area contributed by atoms with Gasteiger partial charge in [-0.25, -0.2) is 0 Å². The number of esters is 1. The van der Waals surface area contributed by atoms with Crippen LogP contribution >= 0.6 is 0 Å². The molecule has 0 unspecified atom stereocenters. The molecule has 1 fully saturated rings. The van der Waals surface area contributed by atoms with Gasteiger partial charge in [0.1, 0.15) is 0 Å². The fraction of sp³-hybridized carbons (Fsp3) is 0.444. The number of hydrogen-bond donors (Lipinski definition) is 0. The average molecular weight is 352 g/mol. The summed E-state index contributed by atoms with van der Waals surface area (Å²) in [4.78, 5) is 17.8. The molecular weight excluding hydrogens is 333 g/mol. The van der Waals surface area contributed by atoms with Gasteiger partial charge in [-0.1, -0.05) is 0 Å². The molecule has 2 heterocycles. The summed E-state index contributed by atoms with van der Waals surface area (Å²) in [5.41, 5.74) is -0.0494. The number of alkyl halides is 3. The number of carbonyl (C=O) groups excluding carboxylic acids is 1. The highest BCUT2D eigenvalue weighted by Crippen LogP contribution is 2.38. The Bertz CT molecular complexity index is 768. The van der Waals surface area contributed by atoms with Crippen LogP contribution in [0.5, 0.6) is 0 Å². The summed E-state index contributed by atoms with van der Waals surface area (Å²) in [6.07, 6.45) is -1.82. The summed E-state index contributed by atoms with van der Waals surface area (Å²) >= 11 is 0. The maximum Gasteiger partial charge on any atom is 0.418 e. The Morgan fingerprint density at radius 1 is 1.28 bits per heavy atom. The van der Waals surface area contributed by atoms with E-state index < -0.39 is 11.7 Å². The van der Waals surface area contributed by atoms with Crippen molar-refractivity contribution in [3.63, 3.8) is 0 Å². The number of carbonyl (C=O) groups is 1. The average Bonchev–Trinajstić information content (AvgIpc) is 2.60. The number of halogens is 3. The second kappa shape index (κ2) is 6.90. The summed E-state index contributed by atoms with van der Waals surface area (Å²) in [6, 6.07) is 5.88. The molecule has 0 N–H and O–H groups in total. The number of hydrogen-bond acceptors (Lipinski definition) is 4. The number of aromatic nitrogens is 1. The summed E-state index contributed by atoms with van der Waals surface area (Å²) in [5, 5.41) is 0.479. The van der Waals surface area contributed by atoms with Crippen LogP contribution in [0.3, 0.4) is 0 Å². The lowest BCUT2D eigenvalue weighted by atomic mass is 9.95. The maximum absolute atomic E-state index is 13.2. The number of rotatable bonds is 3. The molecular formula is C18H19F3N2O2. The van der Waals surface area contributed by atoms with E-state index in [1.807, 2.05) is 4.90 Å². The molecule has 25 heavy (non-hydrogen) atoms. The van der Waals surface area contributed by atoms with Gasteiger partial charge in [0.05, 0.1) is 23.6 Å².